The first-order valence-electron chi connectivity index (χ1n) is 47.0. The van der Waals surface area contributed by atoms with Crippen LogP contribution in [0.1, 0.15) is 105 Å². The highest BCUT2D eigenvalue weighted by Crippen LogP contribution is 2.41. The molecule has 12 heteroatoms. The molecule has 0 N–H and O–H groups in total. The van der Waals surface area contributed by atoms with E-state index in [0.29, 0.717) is 69.9 Å². The van der Waals surface area contributed by atoms with Gasteiger partial charge in [-0.05, 0) is 111 Å². The Morgan fingerprint density at radius 2 is 0.290 bits per heavy atom. The molecule has 0 saturated carbocycles. The van der Waals surface area contributed by atoms with Crippen LogP contribution in [0, 0.1) is 0 Å². The molecular formula is C126H108N12. The van der Waals surface area contributed by atoms with Crippen LogP contribution in [0.15, 0.2) is 437 Å². The Morgan fingerprint density at radius 3 is 0.507 bits per heavy atom. The highest BCUT2D eigenvalue weighted by atomic mass is 15.1. The molecule has 0 radical (unpaired) electrons. The van der Waals surface area contributed by atoms with E-state index in [0.717, 1.165) is 88.7 Å². The number of hydrogen-bond acceptors (Lipinski definition) is 12. The summed E-state index contributed by atoms with van der Waals surface area (Å²) in [5, 5.41) is 4.79. The minimum absolute atomic E-state index is 0.0231. The number of rotatable bonds is 15. The summed E-state index contributed by atoms with van der Waals surface area (Å²) in [5.41, 5.74) is 24.1. The first-order chi connectivity index (χ1) is 66.9. The third-order valence-electron chi connectivity index (χ3n) is 24.4. The molecule has 21 aromatic rings. The number of fused-ring (bicyclic) bond motifs is 2. The minimum atomic E-state index is 0.0231. The van der Waals surface area contributed by atoms with Crippen LogP contribution in [0.2, 0.25) is 0 Å². The van der Waals surface area contributed by atoms with Crippen molar-refractivity contribution in [2.24, 2.45) is 0 Å². The van der Waals surface area contributed by atoms with Gasteiger partial charge in [0.2, 0.25) is 0 Å². The molecule has 0 unspecified atom stereocenters. The Bertz CT molecular complexity index is 7320. The molecule has 0 spiro atoms. The molecule has 0 atom stereocenters. The molecule has 21 rings (SSSR count). The SMILES string of the molecule is CC(C)(C)c1ccc(-c2nc(-c3ccccc3)nc(-c3ccccc3)n2)c2ccccc12.CC(C)(C)c1ccc(-c2nc(-c3ccccc3)nc(-c3ccccc3)n2)c2ccccc12.CC(C)(C)c1cccc(-c2nc(-c3ccc(-c4ccccc4)cc3)nc(-c3ccc(-c4ccccc4)cc3)n2)c1.CC(C)(C)c1cccc(-c2nc(-c3ccccc3)nc(-c3ccc(-c4ccccc4)cc3)n2)c1. The molecule has 0 amide bonds. The minimum Gasteiger partial charge on any atom is -0.208 e. The van der Waals surface area contributed by atoms with Crippen LogP contribution in [0.5, 0.6) is 0 Å². The van der Waals surface area contributed by atoms with E-state index in [1.165, 1.54) is 55.3 Å². The summed E-state index contributed by atoms with van der Waals surface area (Å²) >= 11 is 0. The maximum absolute atomic E-state index is 4.97. The lowest BCUT2D eigenvalue weighted by molar-refractivity contribution is 0.590. The first-order valence-corrected chi connectivity index (χ1v) is 47.0. The van der Waals surface area contributed by atoms with Gasteiger partial charge in [0, 0.05) is 66.8 Å². The van der Waals surface area contributed by atoms with Crippen LogP contribution in [0.3, 0.4) is 0 Å². The molecular weight excluding hydrogens is 1680 g/mol. The number of hydrogen-bond donors (Lipinski definition) is 0. The predicted molar refractivity (Wildman–Crippen MR) is 571 cm³/mol. The second-order valence-corrected chi connectivity index (χ2v) is 38.5. The van der Waals surface area contributed by atoms with Gasteiger partial charge in [-0.15, -0.1) is 0 Å². The number of benzene rings is 17. The topological polar surface area (TPSA) is 155 Å². The molecule has 0 aliphatic carbocycles. The van der Waals surface area contributed by atoms with Gasteiger partial charge in [-0.2, -0.15) is 0 Å². The van der Waals surface area contributed by atoms with Crippen molar-refractivity contribution in [2.45, 2.75) is 105 Å². The fourth-order valence-corrected chi connectivity index (χ4v) is 16.8. The highest BCUT2D eigenvalue weighted by Gasteiger charge is 2.26. The van der Waals surface area contributed by atoms with Crippen LogP contribution in [-0.4, -0.2) is 59.8 Å². The Morgan fingerprint density at radius 1 is 0.123 bits per heavy atom. The standard InChI is InChI=1S/C37H31N3.C31H27N3.2C29H25N3/c1-37(2,3)33-16-10-15-32(25-33)36-39-34(30-21-17-28(18-22-30)26-11-6-4-7-12-26)38-35(40-36)31-23-19-29(20-24-31)27-13-8-5-9-14-27;1-31(2,3)27-16-10-15-26(21-27)30-33-28(24-13-8-5-9-14-24)32-29(34-30)25-19-17-23(18-20-25)22-11-6-4-7-12-22;2*1-29(2,3)25-19-18-24(22-16-10-11-17-23(22)25)28-31-26(20-12-6-4-7-13-20)30-27(32-28)21-14-8-5-9-15-21/h4-25H,1-3H3;4-21H,1-3H3;2*4-19H,1-3H3. The van der Waals surface area contributed by atoms with E-state index >= 15 is 0 Å². The first kappa shape index (κ1) is 91.8. The van der Waals surface area contributed by atoms with Gasteiger partial charge in [-0.1, -0.05) is 508 Å². The van der Waals surface area contributed by atoms with E-state index in [1.54, 1.807) is 0 Å². The van der Waals surface area contributed by atoms with Crippen LogP contribution in [0.4, 0.5) is 0 Å². The average Bonchev–Trinajstić information content (AvgIpc) is 0.760. The zero-order valence-electron chi connectivity index (χ0n) is 79.9. The number of nitrogens with zero attached hydrogens (tertiary/aromatic N) is 12. The van der Waals surface area contributed by atoms with E-state index in [2.05, 4.69) is 350 Å². The van der Waals surface area contributed by atoms with Crippen molar-refractivity contribution in [3.05, 3.63) is 459 Å². The molecule has 0 aliphatic heterocycles. The third kappa shape index (κ3) is 21.7. The van der Waals surface area contributed by atoms with Gasteiger partial charge in [-0.25, -0.2) is 59.8 Å². The molecule has 0 fully saturated rings. The molecule has 138 heavy (non-hydrogen) atoms. The van der Waals surface area contributed by atoms with Crippen molar-refractivity contribution in [3.63, 3.8) is 0 Å². The van der Waals surface area contributed by atoms with E-state index in [9.17, 15) is 0 Å². The molecule has 17 aromatic carbocycles. The highest BCUT2D eigenvalue weighted by molar-refractivity contribution is 5.99. The molecule has 12 nitrogen and oxygen atoms in total. The van der Waals surface area contributed by atoms with Crippen LogP contribution in [-0.2, 0) is 21.7 Å². The smallest absolute Gasteiger partial charge is 0.164 e. The van der Waals surface area contributed by atoms with Crippen molar-refractivity contribution in [3.8, 4) is 170 Å². The van der Waals surface area contributed by atoms with Crippen LogP contribution < -0.4 is 0 Å². The van der Waals surface area contributed by atoms with Crippen molar-refractivity contribution in [1.82, 2.24) is 59.8 Å². The second kappa shape index (κ2) is 40.6. The van der Waals surface area contributed by atoms with Gasteiger partial charge in [-0.3, -0.25) is 0 Å². The Kier molecular flexibility index (Phi) is 27.0. The van der Waals surface area contributed by atoms with Crippen molar-refractivity contribution < 1.29 is 0 Å². The third-order valence-corrected chi connectivity index (χ3v) is 24.4. The summed E-state index contributed by atoms with van der Waals surface area (Å²) in [7, 11) is 0. The fourth-order valence-electron chi connectivity index (χ4n) is 16.8. The lowest BCUT2D eigenvalue weighted by atomic mass is 9.82. The molecule has 0 bridgehead atoms. The number of aromatic nitrogens is 12. The van der Waals surface area contributed by atoms with Gasteiger partial charge in [0.05, 0.1) is 0 Å². The van der Waals surface area contributed by atoms with Crippen LogP contribution >= 0.6 is 0 Å². The largest absolute Gasteiger partial charge is 0.208 e. The molecule has 4 heterocycles. The van der Waals surface area contributed by atoms with Gasteiger partial charge < -0.3 is 0 Å². The summed E-state index contributed by atoms with van der Waals surface area (Å²) in [6, 6.07) is 150. The summed E-state index contributed by atoms with van der Waals surface area (Å²) in [6.07, 6.45) is 0. The predicted octanol–water partition coefficient (Wildman–Crippen LogP) is 32.0. The van der Waals surface area contributed by atoms with Crippen molar-refractivity contribution in [2.75, 3.05) is 0 Å². The normalized spacial score (nSPS) is 11.5. The summed E-state index contributed by atoms with van der Waals surface area (Å²) in [6.45, 7) is 26.8. The summed E-state index contributed by atoms with van der Waals surface area (Å²) in [4.78, 5) is 58.8. The van der Waals surface area contributed by atoms with E-state index < -0.39 is 0 Å². The van der Waals surface area contributed by atoms with E-state index in [4.69, 9.17) is 59.8 Å². The van der Waals surface area contributed by atoms with Crippen LogP contribution in [0.25, 0.3) is 192 Å². The maximum Gasteiger partial charge on any atom is 0.164 e. The van der Waals surface area contributed by atoms with E-state index in [1.807, 2.05) is 170 Å². The van der Waals surface area contributed by atoms with E-state index in [-0.39, 0.29) is 21.7 Å². The molecule has 0 saturated heterocycles. The monoisotopic (exact) mass is 1790 g/mol. The lowest BCUT2D eigenvalue weighted by Gasteiger charge is -2.22. The molecule has 4 aromatic heterocycles. The van der Waals surface area contributed by atoms with Crippen molar-refractivity contribution >= 4 is 21.5 Å². The fraction of sp³-hybridized carbons (Fsp3) is 0.127. The maximum atomic E-state index is 4.97. The zero-order chi connectivity index (χ0) is 95.3. The lowest BCUT2D eigenvalue weighted by Crippen LogP contribution is -2.12. The zero-order valence-corrected chi connectivity index (χ0v) is 79.9. The van der Waals surface area contributed by atoms with Gasteiger partial charge in [0.25, 0.3) is 0 Å². The second-order valence-electron chi connectivity index (χ2n) is 38.5. The quantitative estimate of drug-likeness (QED) is 0.0959. The van der Waals surface area contributed by atoms with Crippen molar-refractivity contribution in [1.29, 1.82) is 0 Å². The Balaban J connectivity index is 0.000000123. The Hall–Kier alpha value is -16.7. The molecule has 0 aliphatic rings. The van der Waals surface area contributed by atoms with Gasteiger partial charge >= 0.3 is 0 Å². The Labute approximate surface area is 809 Å². The average molecular weight is 1790 g/mol. The molecule has 672 valence electrons. The summed E-state index contributed by atoms with van der Waals surface area (Å²) in [5.74, 6) is 8.12. The van der Waals surface area contributed by atoms with Gasteiger partial charge in [0.1, 0.15) is 0 Å². The summed E-state index contributed by atoms with van der Waals surface area (Å²) < 4.78 is 0. The van der Waals surface area contributed by atoms with Gasteiger partial charge in [0.15, 0.2) is 69.9 Å².